The SMILES string of the molecule is Cc1[c]ccc(C2CCCC2)c1. The van der Waals surface area contributed by atoms with E-state index in [-0.39, 0.29) is 0 Å². The Bertz CT molecular complexity index is 256. The minimum absolute atomic E-state index is 0.846. The van der Waals surface area contributed by atoms with Crippen LogP contribution >= 0.6 is 0 Å². The smallest absolute Gasteiger partial charge is 0.0152 e. The zero-order valence-corrected chi connectivity index (χ0v) is 7.64. The first-order valence-electron chi connectivity index (χ1n) is 4.84. The number of hydrogen-bond donors (Lipinski definition) is 0. The van der Waals surface area contributed by atoms with Crippen molar-refractivity contribution in [3.63, 3.8) is 0 Å². The van der Waals surface area contributed by atoms with E-state index in [4.69, 9.17) is 0 Å². The molecule has 0 heteroatoms. The van der Waals surface area contributed by atoms with Gasteiger partial charge in [-0.3, -0.25) is 0 Å². The largest absolute Gasteiger partial charge is 0.0581 e. The van der Waals surface area contributed by atoms with E-state index in [9.17, 15) is 0 Å². The maximum absolute atomic E-state index is 3.20. The van der Waals surface area contributed by atoms with Crippen molar-refractivity contribution in [2.45, 2.75) is 38.5 Å². The summed E-state index contributed by atoms with van der Waals surface area (Å²) in [5, 5.41) is 0. The van der Waals surface area contributed by atoms with E-state index in [1.807, 2.05) is 0 Å². The fourth-order valence-corrected chi connectivity index (χ4v) is 2.12. The Balaban J connectivity index is 2.21. The van der Waals surface area contributed by atoms with Crippen LogP contribution in [0, 0.1) is 13.0 Å². The lowest BCUT2D eigenvalue weighted by Crippen LogP contribution is -1.91. The molecule has 0 nitrogen and oxygen atoms in total. The van der Waals surface area contributed by atoms with Gasteiger partial charge < -0.3 is 0 Å². The van der Waals surface area contributed by atoms with Crippen molar-refractivity contribution >= 4 is 0 Å². The molecule has 12 heavy (non-hydrogen) atoms. The van der Waals surface area contributed by atoms with Gasteiger partial charge in [-0.15, -0.1) is 0 Å². The zero-order chi connectivity index (χ0) is 8.39. The molecule has 0 heterocycles. The third-order valence-corrected chi connectivity index (χ3v) is 2.80. The molecule has 0 amide bonds. The number of hydrogen-bond acceptors (Lipinski definition) is 0. The molecule has 1 saturated carbocycles. The standard InChI is InChI=1S/C12H15/c1-10-5-4-8-12(9-10)11-6-2-3-7-11/h4,8-9,11H,2-3,6-7H2,1H3. The molecule has 63 valence electrons. The van der Waals surface area contributed by atoms with Gasteiger partial charge in [0.25, 0.3) is 0 Å². The van der Waals surface area contributed by atoms with E-state index in [1.54, 1.807) is 0 Å². The molecule has 1 aromatic rings. The maximum atomic E-state index is 3.20. The summed E-state index contributed by atoms with van der Waals surface area (Å²) in [5.41, 5.74) is 2.81. The number of aryl methyl sites for hydroxylation is 1. The van der Waals surface area contributed by atoms with Gasteiger partial charge in [0.05, 0.1) is 0 Å². The molecule has 1 aromatic carbocycles. The summed E-state index contributed by atoms with van der Waals surface area (Å²) in [6.07, 6.45) is 5.62. The highest BCUT2D eigenvalue weighted by Gasteiger charge is 2.16. The molecular weight excluding hydrogens is 144 g/mol. The quantitative estimate of drug-likeness (QED) is 0.588. The molecule has 0 aliphatic heterocycles. The fraction of sp³-hybridized carbons (Fsp3) is 0.500. The van der Waals surface area contributed by atoms with E-state index in [0.717, 1.165) is 5.92 Å². The van der Waals surface area contributed by atoms with Crippen molar-refractivity contribution < 1.29 is 0 Å². The van der Waals surface area contributed by atoms with Crippen LogP contribution in [0.2, 0.25) is 0 Å². The minimum Gasteiger partial charge on any atom is -0.0581 e. The molecule has 0 saturated heterocycles. The summed E-state index contributed by atoms with van der Waals surface area (Å²) in [7, 11) is 0. The zero-order valence-electron chi connectivity index (χ0n) is 7.64. The summed E-state index contributed by atoms with van der Waals surface area (Å²) >= 11 is 0. The van der Waals surface area contributed by atoms with Crippen LogP contribution in [0.3, 0.4) is 0 Å². The van der Waals surface area contributed by atoms with Gasteiger partial charge in [0.15, 0.2) is 0 Å². The van der Waals surface area contributed by atoms with Gasteiger partial charge in [-0.05, 0) is 42.9 Å². The minimum atomic E-state index is 0.846. The summed E-state index contributed by atoms with van der Waals surface area (Å²) in [6.45, 7) is 2.12. The number of benzene rings is 1. The van der Waals surface area contributed by atoms with Crippen LogP contribution in [0.4, 0.5) is 0 Å². The van der Waals surface area contributed by atoms with Crippen LogP contribution in [0.1, 0.15) is 42.7 Å². The van der Waals surface area contributed by atoms with Gasteiger partial charge in [-0.25, -0.2) is 0 Å². The molecular formula is C12H15. The van der Waals surface area contributed by atoms with Gasteiger partial charge in [0.1, 0.15) is 0 Å². The van der Waals surface area contributed by atoms with Crippen molar-refractivity contribution in [3.8, 4) is 0 Å². The molecule has 1 fully saturated rings. The second-order valence-corrected chi connectivity index (χ2v) is 3.79. The van der Waals surface area contributed by atoms with Crippen LogP contribution in [-0.2, 0) is 0 Å². The Labute approximate surface area is 74.6 Å². The number of rotatable bonds is 1. The Morgan fingerprint density at radius 3 is 2.75 bits per heavy atom. The third kappa shape index (κ3) is 1.52. The van der Waals surface area contributed by atoms with Crippen LogP contribution in [0.15, 0.2) is 18.2 Å². The Kier molecular flexibility index (Phi) is 2.16. The molecule has 0 unspecified atom stereocenters. The first kappa shape index (κ1) is 7.85. The predicted octanol–water partition coefficient (Wildman–Crippen LogP) is 3.45. The third-order valence-electron chi connectivity index (χ3n) is 2.80. The summed E-state index contributed by atoms with van der Waals surface area (Å²) < 4.78 is 0. The van der Waals surface area contributed by atoms with E-state index in [2.05, 4.69) is 31.2 Å². The molecule has 1 aliphatic rings. The summed E-state index contributed by atoms with van der Waals surface area (Å²) in [4.78, 5) is 0. The molecule has 0 spiro atoms. The van der Waals surface area contributed by atoms with Crippen molar-refractivity contribution in [2.75, 3.05) is 0 Å². The van der Waals surface area contributed by atoms with Crippen molar-refractivity contribution in [3.05, 3.63) is 35.4 Å². The van der Waals surface area contributed by atoms with Gasteiger partial charge in [-0.1, -0.05) is 31.0 Å². The first-order valence-corrected chi connectivity index (χ1v) is 4.84. The second kappa shape index (κ2) is 3.30. The topological polar surface area (TPSA) is 0 Å². The molecule has 0 aromatic heterocycles. The molecule has 0 atom stereocenters. The van der Waals surface area contributed by atoms with E-state index in [1.165, 1.54) is 36.8 Å². The van der Waals surface area contributed by atoms with Crippen LogP contribution in [0.25, 0.3) is 0 Å². The average Bonchev–Trinajstić information content (AvgIpc) is 2.56. The highest BCUT2D eigenvalue weighted by Crippen LogP contribution is 2.33. The van der Waals surface area contributed by atoms with Crippen LogP contribution in [0.5, 0.6) is 0 Å². The molecule has 1 aliphatic carbocycles. The first-order chi connectivity index (χ1) is 5.86. The Hall–Kier alpha value is -0.780. The second-order valence-electron chi connectivity index (χ2n) is 3.79. The average molecular weight is 159 g/mol. The van der Waals surface area contributed by atoms with Gasteiger partial charge >= 0.3 is 0 Å². The van der Waals surface area contributed by atoms with Gasteiger partial charge in [0.2, 0.25) is 0 Å². The monoisotopic (exact) mass is 159 g/mol. The highest BCUT2D eigenvalue weighted by molar-refractivity contribution is 5.25. The van der Waals surface area contributed by atoms with E-state index >= 15 is 0 Å². The Morgan fingerprint density at radius 1 is 1.33 bits per heavy atom. The van der Waals surface area contributed by atoms with E-state index < -0.39 is 0 Å². The normalized spacial score (nSPS) is 18.4. The highest BCUT2D eigenvalue weighted by atomic mass is 14.2. The Morgan fingerprint density at radius 2 is 2.08 bits per heavy atom. The molecule has 0 bridgehead atoms. The van der Waals surface area contributed by atoms with Gasteiger partial charge in [0, 0.05) is 0 Å². The van der Waals surface area contributed by atoms with Gasteiger partial charge in [-0.2, -0.15) is 0 Å². The lowest BCUT2D eigenvalue weighted by molar-refractivity contribution is 0.722. The van der Waals surface area contributed by atoms with Crippen LogP contribution in [-0.4, -0.2) is 0 Å². The van der Waals surface area contributed by atoms with Crippen molar-refractivity contribution in [2.24, 2.45) is 0 Å². The van der Waals surface area contributed by atoms with Crippen molar-refractivity contribution in [1.29, 1.82) is 0 Å². The van der Waals surface area contributed by atoms with Crippen LogP contribution < -0.4 is 0 Å². The summed E-state index contributed by atoms with van der Waals surface area (Å²) in [5.74, 6) is 0.846. The molecule has 2 rings (SSSR count). The lowest BCUT2D eigenvalue weighted by Gasteiger charge is -2.09. The summed E-state index contributed by atoms with van der Waals surface area (Å²) in [6, 6.07) is 9.77. The van der Waals surface area contributed by atoms with Crippen molar-refractivity contribution in [1.82, 2.24) is 0 Å². The predicted molar refractivity (Wildman–Crippen MR) is 51.2 cm³/mol. The molecule has 1 radical (unpaired) electrons. The maximum Gasteiger partial charge on any atom is -0.0152 e. The lowest BCUT2D eigenvalue weighted by atomic mass is 9.96. The fourth-order valence-electron chi connectivity index (χ4n) is 2.12. The molecule has 0 N–H and O–H groups in total. The van der Waals surface area contributed by atoms with E-state index in [0.29, 0.717) is 0 Å².